The van der Waals surface area contributed by atoms with Gasteiger partial charge < -0.3 is 20.7 Å². The molecular weight excluding hydrogens is 484 g/mol. The molecular formula is C29H32N4OS2. The Bertz CT molecular complexity index is 1320. The van der Waals surface area contributed by atoms with E-state index >= 15 is 0 Å². The van der Waals surface area contributed by atoms with Crippen molar-refractivity contribution in [2.24, 2.45) is 0 Å². The lowest BCUT2D eigenvalue weighted by atomic mass is 9.74. The average Bonchev–Trinajstić information content (AvgIpc) is 3.59. The van der Waals surface area contributed by atoms with E-state index < -0.39 is 0 Å². The molecule has 2 aliphatic heterocycles. The van der Waals surface area contributed by atoms with Crippen LogP contribution in [0.5, 0.6) is 0 Å². The molecule has 0 bridgehead atoms. The molecule has 3 N–H and O–H groups in total. The fourth-order valence-corrected chi connectivity index (χ4v) is 7.50. The number of hydrogen-bond donors (Lipinski definition) is 2. The first-order chi connectivity index (χ1) is 17.6. The number of anilines is 2. The maximum atomic E-state index is 6.28. The zero-order valence-electron chi connectivity index (χ0n) is 20.6. The zero-order chi connectivity index (χ0) is 24.5. The van der Waals surface area contributed by atoms with Crippen LogP contribution >= 0.6 is 22.7 Å². The van der Waals surface area contributed by atoms with Crippen LogP contribution in [0.15, 0.2) is 60.0 Å². The predicted molar refractivity (Wildman–Crippen MR) is 151 cm³/mol. The van der Waals surface area contributed by atoms with E-state index in [0.29, 0.717) is 0 Å². The highest BCUT2D eigenvalue weighted by Crippen LogP contribution is 2.44. The number of nitrogens with one attached hydrogen (secondary N) is 1. The summed E-state index contributed by atoms with van der Waals surface area (Å²) in [5.74, 6) is 0. The maximum Gasteiger partial charge on any atom is 0.104 e. The van der Waals surface area contributed by atoms with E-state index in [1.807, 2.05) is 17.4 Å². The summed E-state index contributed by atoms with van der Waals surface area (Å²) < 4.78 is 5.79. The lowest BCUT2D eigenvalue weighted by Crippen LogP contribution is -2.35. The molecule has 2 aromatic carbocycles. The molecule has 4 heterocycles. The molecule has 0 atom stereocenters. The number of hydrogen-bond acceptors (Lipinski definition) is 7. The van der Waals surface area contributed by atoms with Crippen molar-refractivity contribution < 1.29 is 4.74 Å². The van der Waals surface area contributed by atoms with Crippen LogP contribution < -0.4 is 11.1 Å². The summed E-state index contributed by atoms with van der Waals surface area (Å²) in [6.45, 7) is 4.41. The number of thiazole rings is 1. The van der Waals surface area contributed by atoms with Crippen molar-refractivity contribution >= 4 is 34.0 Å². The molecule has 1 saturated heterocycles. The molecule has 4 aromatic rings. The van der Waals surface area contributed by atoms with Crippen molar-refractivity contribution in [2.45, 2.75) is 37.8 Å². The molecule has 2 aliphatic rings. The average molecular weight is 517 g/mol. The predicted octanol–water partition coefficient (Wildman–Crippen LogP) is 6.15. The van der Waals surface area contributed by atoms with Gasteiger partial charge in [-0.15, -0.1) is 22.7 Å². The Balaban J connectivity index is 1.22. The number of aromatic nitrogens is 1. The fraction of sp³-hybridized carbons (Fsp3) is 0.345. The van der Waals surface area contributed by atoms with E-state index in [-0.39, 0.29) is 5.41 Å². The van der Waals surface area contributed by atoms with Crippen LogP contribution in [0.2, 0.25) is 0 Å². The van der Waals surface area contributed by atoms with Crippen LogP contribution in [-0.4, -0.2) is 36.7 Å². The topological polar surface area (TPSA) is 63.4 Å². The van der Waals surface area contributed by atoms with Gasteiger partial charge in [0.15, 0.2) is 0 Å². The smallest absolute Gasteiger partial charge is 0.104 e. The monoisotopic (exact) mass is 516 g/mol. The Kier molecular flexibility index (Phi) is 6.56. The zero-order valence-corrected chi connectivity index (χ0v) is 22.3. The molecule has 6 rings (SSSR count). The maximum absolute atomic E-state index is 6.28. The van der Waals surface area contributed by atoms with Crippen molar-refractivity contribution in [3.63, 3.8) is 0 Å². The summed E-state index contributed by atoms with van der Waals surface area (Å²) in [6.07, 6.45) is 3.02. The first-order valence-corrected chi connectivity index (χ1v) is 14.3. The minimum Gasteiger partial charge on any atom is -0.397 e. The van der Waals surface area contributed by atoms with Crippen LogP contribution in [0.4, 0.5) is 11.4 Å². The van der Waals surface area contributed by atoms with E-state index in [2.05, 4.69) is 71.2 Å². The van der Waals surface area contributed by atoms with Crippen LogP contribution in [0.1, 0.15) is 39.5 Å². The first kappa shape index (κ1) is 23.7. The molecule has 2 aromatic heterocycles. The van der Waals surface area contributed by atoms with Gasteiger partial charge in [-0.1, -0.05) is 36.4 Å². The molecule has 186 valence electrons. The van der Waals surface area contributed by atoms with Crippen LogP contribution in [-0.2, 0) is 29.7 Å². The van der Waals surface area contributed by atoms with Gasteiger partial charge in [0.25, 0.3) is 0 Å². The summed E-state index contributed by atoms with van der Waals surface area (Å²) in [5, 5.41) is 6.93. The Morgan fingerprint density at radius 1 is 1.11 bits per heavy atom. The van der Waals surface area contributed by atoms with Gasteiger partial charge in [-0.2, -0.15) is 0 Å². The third-order valence-electron chi connectivity index (χ3n) is 7.53. The van der Waals surface area contributed by atoms with Gasteiger partial charge in [0.2, 0.25) is 0 Å². The van der Waals surface area contributed by atoms with E-state index in [4.69, 9.17) is 15.5 Å². The molecule has 0 amide bonds. The van der Waals surface area contributed by atoms with Crippen molar-refractivity contribution in [1.29, 1.82) is 0 Å². The van der Waals surface area contributed by atoms with Gasteiger partial charge in [-0.05, 0) is 60.2 Å². The summed E-state index contributed by atoms with van der Waals surface area (Å²) in [5.41, 5.74) is 13.1. The Labute approximate surface area is 221 Å². The van der Waals surface area contributed by atoms with Crippen LogP contribution in [0.25, 0.3) is 10.4 Å². The summed E-state index contributed by atoms with van der Waals surface area (Å²) >= 11 is 3.66. The van der Waals surface area contributed by atoms with Gasteiger partial charge in [0.1, 0.15) is 5.01 Å². The van der Waals surface area contributed by atoms with Gasteiger partial charge in [-0.25, -0.2) is 4.98 Å². The minimum atomic E-state index is -0.0513. The number of fused-ring (bicyclic) bond motifs is 1. The number of nitrogens with zero attached hydrogens (tertiary/aromatic N) is 2. The van der Waals surface area contributed by atoms with E-state index in [1.165, 1.54) is 37.1 Å². The van der Waals surface area contributed by atoms with Crippen molar-refractivity contribution in [1.82, 2.24) is 9.88 Å². The van der Waals surface area contributed by atoms with Gasteiger partial charge in [0, 0.05) is 49.0 Å². The number of nitrogen functional groups attached to an aromatic ring is 1. The molecule has 0 spiro atoms. The SMILES string of the molecule is CN1CCc2nc(C3(c4ccc(CNc5cc(-c6cccs6)ccc5N)cc4)CCOCC3)sc2C1. The van der Waals surface area contributed by atoms with Crippen molar-refractivity contribution in [3.8, 4) is 10.4 Å². The second kappa shape index (κ2) is 9.98. The lowest BCUT2D eigenvalue weighted by molar-refractivity contribution is 0.0630. The van der Waals surface area contributed by atoms with Gasteiger partial charge >= 0.3 is 0 Å². The molecule has 0 radical (unpaired) electrons. The largest absolute Gasteiger partial charge is 0.397 e. The molecule has 7 heteroatoms. The molecule has 0 unspecified atom stereocenters. The van der Waals surface area contributed by atoms with Crippen molar-refractivity contribution in [3.05, 3.63) is 86.7 Å². The standard InChI is InChI=1S/C29H32N4OS2/c1-33-13-10-24-27(19-33)36-28(32-24)29(11-14-34-15-12-29)22-7-4-20(5-8-22)18-31-25-17-21(6-9-23(25)30)26-3-2-16-35-26/h2-9,16-17,31H,10-15,18-19,30H2,1H3. The van der Waals surface area contributed by atoms with E-state index in [1.54, 1.807) is 11.3 Å². The number of nitrogens with two attached hydrogens (primary N) is 1. The number of thiophene rings is 1. The van der Waals surface area contributed by atoms with E-state index in [9.17, 15) is 0 Å². The highest BCUT2D eigenvalue weighted by atomic mass is 32.1. The number of rotatable bonds is 6. The summed E-state index contributed by atoms with van der Waals surface area (Å²) in [4.78, 5) is 10.3. The highest BCUT2D eigenvalue weighted by Gasteiger charge is 2.40. The quantitative estimate of drug-likeness (QED) is 0.301. The first-order valence-electron chi connectivity index (χ1n) is 12.6. The van der Waals surface area contributed by atoms with Crippen LogP contribution in [0.3, 0.4) is 0 Å². The number of ether oxygens (including phenoxy) is 1. The fourth-order valence-electron chi connectivity index (χ4n) is 5.32. The molecule has 0 aliphatic carbocycles. The minimum absolute atomic E-state index is 0.0513. The molecule has 36 heavy (non-hydrogen) atoms. The highest BCUT2D eigenvalue weighted by molar-refractivity contribution is 7.13. The number of benzene rings is 2. The normalized spacial score (nSPS) is 17.6. The van der Waals surface area contributed by atoms with E-state index in [0.717, 1.165) is 63.5 Å². The molecule has 0 saturated carbocycles. The third-order valence-corrected chi connectivity index (χ3v) is 9.73. The Hall–Kier alpha value is -2.71. The third kappa shape index (κ3) is 4.57. The second-order valence-corrected chi connectivity index (χ2v) is 11.9. The Morgan fingerprint density at radius 2 is 1.94 bits per heavy atom. The summed E-state index contributed by atoms with van der Waals surface area (Å²) in [7, 11) is 2.20. The summed E-state index contributed by atoms with van der Waals surface area (Å²) in [6, 6.07) is 19.6. The molecule has 5 nitrogen and oxygen atoms in total. The van der Waals surface area contributed by atoms with Gasteiger partial charge in [-0.3, -0.25) is 0 Å². The lowest BCUT2D eigenvalue weighted by Gasteiger charge is -2.36. The van der Waals surface area contributed by atoms with Gasteiger partial charge in [0.05, 0.1) is 22.5 Å². The molecule has 1 fully saturated rings. The van der Waals surface area contributed by atoms with Crippen molar-refractivity contribution in [2.75, 3.05) is 37.9 Å². The van der Waals surface area contributed by atoms with Crippen LogP contribution in [0, 0.1) is 0 Å². The second-order valence-electron chi connectivity index (χ2n) is 9.90. The Morgan fingerprint density at radius 3 is 2.72 bits per heavy atom. The number of likely N-dealkylation sites (N-methyl/N-ethyl adjacent to an activating group) is 1.